The molecule has 0 bridgehead atoms. The van der Waals surface area contributed by atoms with Gasteiger partial charge < -0.3 is 9.64 Å². The number of carbonyl (C=O) groups is 1. The minimum absolute atomic E-state index is 0.0317. The van der Waals surface area contributed by atoms with Crippen molar-refractivity contribution in [3.63, 3.8) is 0 Å². The second-order valence-electron chi connectivity index (χ2n) is 6.53. The Balaban J connectivity index is 1.92. The van der Waals surface area contributed by atoms with Crippen molar-refractivity contribution in [2.24, 2.45) is 0 Å². The van der Waals surface area contributed by atoms with Gasteiger partial charge in [0.1, 0.15) is 12.3 Å². The number of halogens is 1. The van der Waals surface area contributed by atoms with Gasteiger partial charge in [-0.2, -0.15) is 0 Å². The van der Waals surface area contributed by atoms with Crippen LogP contribution in [0.2, 0.25) is 5.02 Å². The highest BCUT2D eigenvalue weighted by Crippen LogP contribution is 2.33. The van der Waals surface area contributed by atoms with Crippen LogP contribution < -0.4 is 13.9 Å². The summed E-state index contributed by atoms with van der Waals surface area (Å²) in [5.41, 5.74) is 2.23. The second-order valence-corrected chi connectivity index (χ2v) is 8.85. The number of methoxy groups -OCH3 is 1. The van der Waals surface area contributed by atoms with Gasteiger partial charge in [0.05, 0.1) is 24.1 Å². The summed E-state index contributed by atoms with van der Waals surface area (Å²) in [4.78, 5) is 14.7. The molecule has 0 spiro atoms. The highest BCUT2D eigenvalue weighted by Gasteiger charge is 2.33. The highest BCUT2D eigenvalue weighted by molar-refractivity contribution is 7.92. The van der Waals surface area contributed by atoms with Gasteiger partial charge in [-0.3, -0.25) is 9.10 Å². The Kier molecular flexibility index (Phi) is 5.35. The molecule has 0 fully saturated rings. The summed E-state index contributed by atoms with van der Waals surface area (Å²) < 4.78 is 30.9. The zero-order chi connectivity index (χ0) is 19.8. The largest absolute Gasteiger partial charge is 0.495 e. The molecule has 0 saturated carbocycles. The first-order valence-electron chi connectivity index (χ1n) is 8.43. The molecule has 1 heterocycles. The van der Waals surface area contributed by atoms with Gasteiger partial charge in [0.2, 0.25) is 15.9 Å². The molecule has 1 amide bonds. The van der Waals surface area contributed by atoms with Gasteiger partial charge in [-0.15, -0.1) is 0 Å². The number of para-hydroxylation sites is 1. The third kappa shape index (κ3) is 3.89. The number of anilines is 2. The van der Waals surface area contributed by atoms with Crippen LogP contribution in [0.5, 0.6) is 5.75 Å². The maximum atomic E-state index is 13.0. The van der Waals surface area contributed by atoms with Crippen molar-refractivity contribution >= 4 is 38.9 Å². The zero-order valence-electron chi connectivity index (χ0n) is 15.3. The Labute approximate surface area is 164 Å². The fourth-order valence-corrected chi connectivity index (χ4v) is 4.45. The van der Waals surface area contributed by atoms with Crippen molar-refractivity contribution in [1.82, 2.24) is 0 Å². The Bertz CT molecular complexity index is 977. The SMILES string of the molecule is COc1ccc(N(CC(=O)N2c3ccccc3C[C@@H]2C)S(C)(=O)=O)cc1Cl. The summed E-state index contributed by atoms with van der Waals surface area (Å²) in [5, 5.41) is 0.274. The van der Waals surface area contributed by atoms with Crippen LogP contribution in [0.3, 0.4) is 0 Å². The zero-order valence-corrected chi connectivity index (χ0v) is 16.9. The topological polar surface area (TPSA) is 66.9 Å². The fourth-order valence-electron chi connectivity index (χ4n) is 3.36. The molecule has 0 aromatic heterocycles. The Hall–Kier alpha value is -2.25. The lowest BCUT2D eigenvalue weighted by atomic mass is 10.1. The van der Waals surface area contributed by atoms with E-state index in [1.54, 1.807) is 17.0 Å². The van der Waals surface area contributed by atoms with Crippen molar-refractivity contribution in [2.75, 3.05) is 29.1 Å². The van der Waals surface area contributed by atoms with Crippen LogP contribution in [0.1, 0.15) is 12.5 Å². The molecule has 2 aromatic carbocycles. The van der Waals surface area contributed by atoms with Crippen molar-refractivity contribution in [3.8, 4) is 5.75 Å². The van der Waals surface area contributed by atoms with Gasteiger partial charge in [-0.1, -0.05) is 29.8 Å². The lowest BCUT2D eigenvalue weighted by Crippen LogP contribution is -2.45. The smallest absolute Gasteiger partial charge is 0.248 e. The van der Waals surface area contributed by atoms with Gasteiger partial charge in [-0.05, 0) is 43.2 Å². The maximum absolute atomic E-state index is 13.0. The maximum Gasteiger partial charge on any atom is 0.248 e. The first-order chi connectivity index (χ1) is 12.7. The minimum atomic E-state index is -3.69. The van der Waals surface area contributed by atoms with E-state index >= 15 is 0 Å². The van der Waals surface area contributed by atoms with E-state index in [0.29, 0.717) is 11.4 Å². The summed E-state index contributed by atoms with van der Waals surface area (Å²) in [6, 6.07) is 12.3. The molecule has 0 unspecified atom stereocenters. The molecule has 1 aliphatic heterocycles. The molecule has 1 atom stereocenters. The molecule has 27 heavy (non-hydrogen) atoms. The summed E-state index contributed by atoms with van der Waals surface area (Å²) in [7, 11) is -2.21. The first kappa shape index (κ1) is 19.5. The summed E-state index contributed by atoms with van der Waals surface area (Å²) in [5.74, 6) is 0.145. The van der Waals surface area contributed by atoms with Crippen molar-refractivity contribution < 1.29 is 17.9 Å². The Morgan fingerprint density at radius 1 is 1.30 bits per heavy atom. The third-order valence-corrected chi connectivity index (χ3v) is 6.01. The molecule has 6 nitrogen and oxygen atoms in total. The molecule has 8 heteroatoms. The van der Waals surface area contributed by atoms with Crippen LogP contribution in [0, 0.1) is 0 Å². The normalized spacial score (nSPS) is 16.1. The van der Waals surface area contributed by atoms with Gasteiger partial charge in [-0.25, -0.2) is 8.42 Å². The number of benzene rings is 2. The van der Waals surface area contributed by atoms with Crippen LogP contribution in [-0.4, -0.2) is 40.3 Å². The molecule has 0 N–H and O–H groups in total. The molecule has 3 rings (SSSR count). The van der Waals surface area contributed by atoms with Crippen LogP contribution in [0.4, 0.5) is 11.4 Å². The standard InChI is InChI=1S/C19H21ClN2O4S/c1-13-10-14-6-4-5-7-17(14)22(13)19(23)12-21(27(3,24)25)15-8-9-18(26-2)16(20)11-15/h4-9,11,13H,10,12H2,1-3H3/t13-/m0/s1. The van der Waals surface area contributed by atoms with E-state index in [-0.39, 0.29) is 23.5 Å². The number of ether oxygens (including phenoxy) is 1. The number of hydrogen-bond acceptors (Lipinski definition) is 4. The quantitative estimate of drug-likeness (QED) is 0.762. The van der Waals surface area contributed by atoms with E-state index in [1.165, 1.54) is 13.2 Å². The summed E-state index contributed by atoms with van der Waals surface area (Å²) >= 11 is 6.14. The van der Waals surface area contributed by atoms with Gasteiger partial charge in [0.15, 0.2) is 0 Å². The predicted octanol–water partition coefficient (Wildman–Crippen LogP) is 3.09. The Morgan fingerprint density at radius 3 is 2.63 bits per heavy atom. The molecule has 0 saturated heterocycles. The van der Waals surface area contributed by atoms with Crippen molar-refractivity contribution in [3.05, 3.63) is 53.1 Å². The number of amides is 1. The molecule has 0 radical (unpaired) electrons. The fraction of sp³-hybridized carbons (Fsp3) is 0.316. The van der Waals surface area contributed by atoms with Crippen molar-refractivity contribution in [2.45, 2.75) is 19.4 Å². The van der Waals surface area contributed by atoms with Crippen LogP contribution in [0.25, 0.3) is 0 Å². The molecule has 2 aromatic rings. The lowest BCUT2D eigenvalue weighted by molar-refractivity contribution is -0.117. The number of nitrogens with zero attached hydrogens (tertiary/aromatic N) is 2. The third-order valence-electron chi connectivity index (χ3n) is 4.58. The number of fused-ring (bicyclic) bond motifs is 1. The molecule has 144 valence electrons. The van der Waals surface area contributed by atoms with Gasteiger partial charge in [0.25, 0.3) is 0 Å². The molecular formula is C19H21ClN2O4S. The van der Waals surface area contributed by atoms with Crippen LogP contribution >= 0.6 is 11.6 Å². The first-order valence-corrected chi connectivity index (χ1v) is 10.7. The lowest BCUT2D eigenvalue weighted by Gasteiger charge is -2.28. The van der Waals surface area contributed by atoms with E-state index in [4.69, 9.17) is 16.3 Å². The average Bonchev–Trinajstić information content (AvgIpc) is 2.94. The Morgan fingerprint density at radius 2 is 2.00 bits per heavy atom. The van der Waals surface area contributed by atoms with E-state index in [1.807, 2.05) is 31.2 Å². The minimum Gasteiger partial charge on any atom is -0.495 e. The summed E-state index contributed by atoms with van der Waals surface area (Å²) in [6.45, 7) is 1.65. The monoisotopic (exact) mass is 408 g/mol. The van der Waals surface area contributed by atoms with Gasteiger partial charge >= 0.3 is 0 Å². The molecule has 1 aliphatic rings. The van der Waals surface area contributed by atoms with Gasteiger partial charge in [0, 0.05) is 11.7 Å². The number of rotatable bonds is 5. The van der Waals surface area contributed by atoms with E-state index in [9.17, 15) is 13.2 Å². The van der Waals surface area contributed by atoms with Crippen molar-refractivity contribution in [1.29, 1.82) is 0 Å². The average molecular weight is 409 g/mol. The number of sulfonamides is 1. The van der Waals surface area contributed by atoms with E-state index in [2.05, 4.69) is 0 Å². The van der Waals surface area contributed by atoms with Crippen LogP contribution in [0.15, 0.2) is 42.5 Å². The predicted molar refractivity (Wildman–Crippen MR) is 107 cm³/mol. The van der Waals surface area contributed by atoms with Crippen LogP contribution in [-0.2, 0) is 21.2 Å². The highest BCUT2D eigenvalue weighted by atomic mass is 35.5. The van der Waals surface area contributed by atoms with E-state index in [0.717, 1.165) is 28.2 Å². The molecular weight excluding hydrogens is 388 g/mol. The number of hydrogen-bond donors (Lipinski definition) is 0. The number of carbonyl (C=O) groups excluding carboxylic acids is 1. The second kappa shape index (κ2) is 7.40. The van der Waals surface area contributed by atoms with E-state index < -0.39 is 10.0 Å². The molecule has 0 aliphatic carbocycles. The summed E-state index contributed by atoms with van der Waals surface area (Å²) in [6.07, 6.45) is 1.81.